The molecular weight excluding hydrogens is 344 g/mol. The van der Waals surface area contributed by atoms with Gasteiger partial charge in [0, 0.05) is 24.4 Å². The lowest BCUT2D eigenvalue weighted by Gasteiger charge is -2.33. The van der Waals surface area contributed by atoms with Crippen molar-refractivity contribution < 1.29 is 9.59 Å². The van der Waals surface area contributed by atoms with Gasteiger partial charge in [0.1, 0.15) is 0 Å². The number of rotatable bonds is 4. The van der Waals surface area contributed by atoms with Gasteiger partial charge < -0.3 is 10.6 Å². The summed E-state index contributed by atoms with van der Waals surface area (Å²) in [4.78, 5) is 28.4. The summed E-state index contributed by atoms with van der Waals surface area (Å²) in [5, 5.41) is 0. The largest absolute Gasteiger partial charge is 0.370 e. The molecule has 1 aromatic rings. The van der Waals surface area contributed by atoms with Crippen LogP contribution in [0, 0.1) is 17.3 Å². The molecule has 0 bridgehead atoms. The van der Waals surface area contributed by atoms with Gasteiger partial charge in [0.2, 0.25) is 5.91 Å². The third-order valence-corrected chi connectivity index (χ3v) is 7.35. The van der Waals surface area contributed by atoms with Gasteiger partial charge in [0.05, 0.1) is 4.88 Å². The summed E-state index contributed by atoms with van der Waals surface area (Å²) >= 11 is 1.70. The van der Waals surface area contributed by atoms with Crippen molar-refractivity contribution in [2.24, 2.45) is 23.0 Å². The van der Waals surface area contributed by atoms with E-state index in [0.29, 0.717) is 23.7 Å². The van der Waals surface area contributed by atoms with E-state index in [9.17, 15) is 9.59 Å². The average Bonchev–Trinajstić information content (AvgIpc) is 3.02. The molecule has 4 nitrogen and oxygen atoms in total. The molecule has 0 aromatic carbocycles. The van der Waals surface area contributed by atoms with Crippen molar-refractivity contribution in [2.75, 3.05) is 13.1 Å². The number of aryl methyl sites for hydroxylation is 1. The Kier molecular flexibility index (Phi) is 5.75. The normalized spacial score (nSPS) is 23.6. The van der Waals surface area contributed by atoms with Crippen molar-refractivity contribution in [3.63, 3.8) is 0 Å². The molecule has 26 heavy (non-hydrogen) atoms. The number of thiophene rings is 1. The predicted molar refractivity (Wildman–Crippen MR) is 106 cm³/mol. The summed E-state index contributed by atoms with van der Waals surface area (Å²) in [6.07, 6.45) is 6.77. The second-order valence-electron chi connectivity index (χ2n) is 9.13. The van der Waals surface area contributed by atoms with Crippen LogP contribution in [0.4, 0.5) is 0 Å². The van der Waals surface area contributed by atoms with E-state index in [4.69, 9.17) is 5.73 Å². The van der Waals surface area contributed by atoms with Crippen molar-refractivity contribution in [3.05, 3.63) is 21.4 Å². The lowest BCUT2D eigenvalue weighted by atomic mass is 9.72. The smallest absolute Gasteiger partial charge is 0.263 e. The van der Waals surface area contributed by atoms with Crippen LogP contribution in [0.5, 0.6) is 0 Å². The van der Waals surface area contributed by atoms with E-state index in [2.05, 4.69) is 26.8 Å². The number of piperidine rings is 1. The molecule has 144 valence electrons. The van der Waals surface area contributed by atoms with Crippen LogP contribution in [0.3, 0.4) is 0 Å². The Morgan fingerprint density at radius 1 is 1.31 bits per heavy atom. The van der Waals surface area contributed by atoms with E-state index in [0.717, 1.165) is 50.1 Å². The maximum Gasteiger partial charge on any atom is 0.263 e. The molecule has 5 heteroatoms. The maximum absolute atomic E-state index is 13.0. The van der Waals surface area contributed by atoms with Crippen molar-refractivity contribution in [1.82, 2.24) is 4.90 Å². The molecule has 2 heterocycles. The predicted octanol–water partition coefficient (Wildman–Crippen LogP) is 4.02. The topological polar surface area (TPSA) is 63.4 Å². The Morgan fingerprint density at radius 3 is 2.77 bits per heavy atom. The summed E-state index contributed by atoms with van der Waals surface area (Å²) in [6.45, 7) is 8.56. The van der Waals surface area contributed by atoms with Gasteiger partial charge in [0.15, 0.2) is 0 Å². The number of nitrogens with zero attached hydrogens (tertiary/aromatic N) is 1. The molecule has 0 saturated carbocycles. The third-order valence-electron chi connectivity index (χ3n) is 6.12. The van der Waals surface area contributed by atoms with E-state index in [-0.39, 0.29) is 11.8 Å². The summed E-state index contributed by atoms with van der Waals surface area (Å²) < 4.78 is 0. The lowest BCUT2D eigenvalue weighted by molar-refractivity contribution is -0.118. The van der Waals surface area contributed by atoms with Gasteiger partial charge in [-0.05, 0) is 67.4 Å². The molecule has 3 rings (SSSR count). The average molecular weight is 377 g/mol. The van der Waals surface area contributed by atoms with Gasteiger partial charge in [-0.1, -0.05) is 20.8 Å². The molecular formula is C21H32N2O2S. The highest BCUT2D eigenvalue weighted by Gasteiger charge is 2.32. The van der Waals surface area contributed by atoms with Crippen LogP contribution < -0.4 is 5.73 Å². The van der Waals surface area contributed by atoms with E-state index < -0.39 is 0 Å². The zero-order valence-corrected chi connectivity index (χ0v) is 17.2. The SMILES string of the molecule is CC(C)(C)C1CCc2sc(C(=O)N3CCCC(CCC(N)=O)C3)cc2C1. The summed E-state index contributed by atoms with van der Waals surface area (Å²) in [5.41, 5.74) is 6.99. The van der Waals surface area contributed by atoms with E-state index in [1.165, 1.54) is 16.9 Å². The fourth-order valence-electron chi connectivity index (χ4n) is 4.36. The number of hydrogen-bond donors (Lipinski definition) is 1. The minimum absolute atomic E-state index is 0.181. The Hall–Kier alpha value is -1.36. The minimum atomic E-state index is -0.243. The van der Waals surface area contributed by atoms with Crippen LogP contribution in [-0.2, 0) is 17.6 Å². The van der Waals surface area contributed by atoms with E-state index >= 15 is 0 Å². The van der Waals surface area contributed by atoms with Crippen LogP contribution in [0.25, 0.3) is 0 Å². The first-order valence-corrected chi connectivity index (χ1v) is 10.7. The molecule has 0 spiro atoms. The maximum atomic E-state index is 13.0. The Balaban J connectivity index is 1.65. The molecule has 2 aliphatic rings. The lowest BCUT2D eigenvalue weighted by Crippen LogP contribution is -2.39. The highest BCUT2D eigenvalue weighted by atomic mass is 32.1. The Morgan fingerprint density at radius 2 is 2.08 bits per heavy atom. The van der Waals surface area contributed by atoms with Crippen molar-refractivity contribution in [2.45, 2.75) is 65.7 Å². The number of hydrogen-bond acceptors (Lipinski definition) is 3. The number of likely N-dealkylation sites (tertiary alicyclic amines) is 1. The fraction of sp³-hybridized carbons (Fsp3) is 0.714. The van der Waals surface area contributed by atoms with Gasteiger partial charge in [-0.3, -0.25) is 9.59 Å². The molecule has 2 unspecified atom stereocenters. The fourth-order valence-corrected chi connectivity index (χ4v) is 5.53. The first-order chi connectivity index (χ1) is 12.2. The molecule has 2 amide bonds. The number of carbonyl (C=O) groups excluding carboxylic acids is 2. The molecule has 1 aliphatic carbocycles. The minimum Gasteiger partial charge on any atom is -0.370 e. The van der Waals surface area contributed by atoms with Crippen molar-refractivity contribution in [1.29, 1.82) is 0 Å². The molecule has 0 radical (unpaired) electrons. The number of amides is 2. The Bertz CT molecular complexity index is 674. The first-order valence-electron chi connectivity index (χ1n) is 9.93. The number of fused-ring (bicyclic) bond motifs is 1. The molecule has 1 fully saturated rings. The standard InChI is InChI=1S/C21H32N2O2S/c1-21(2,3)16-7-8-17-15(11-16)12-18(26-17)20(25)23-10-4-5-14(13-23)6-9-19(22)24/h12,14,16H,4-11,13H2,1-3H3,(H2,22,24). The van der Waals surface area contributed by atoms with Crippen LogP contribution >= 0.6 is 11.3 Å². The number of primary amides is 1. The number of nitrogens with two attached hydrogens (primary N) is 1. The molecule has 1 saturated heterocycles. The van der Waals surface area contributed by atoms with Crippen LogP contribution in [0.15, 0.2) is 6.07 Å². The van der Waals surface area contributed by atoms with Gasteiger partial charge in [-0.2, -0.15) is 0 Å². The van der Waals surface area contributed by atoms with E-state index in [1.807, 2.05) is 4.90 Å². The highest BCUT2D eigenvalue weighted by molar-refractivity contribution is 7.14. The quantitative estimate of drug-likeness (QED) is 0.863. The monoisotopic (exact) mass is 376 g/mol. The van der Waals surface area contributed by atoms with Gasteiger partial charge in [0.25, 0.3) is 5.91 Å². The second kappa shape index (κ2) is 7.71. The van der Waals surface area contributed by atoms with Gasteiger partial charge in [-0.15, -0.1) is 11.3 Å². The second-order valence-corrected chi connectivity index (χ2v) is 10.3. The van der Waals surface area contributed by atoms with Crippen LogP contribution in [-0.4, -0.2) is 29.8 Å². The van der Waals surface area contributed by atoms with Crippen molar-refractivity contribution >= 4 is 23.2 Å². The summed E-state index contributed by atoms with van der Waals surface area (Å²) in [6, 6.07) is 2.16. The number of carbonyl (C=O) groups is 2. The summed E-state index contributed by atoms with van der Waals surface area (Å²) in [5.74, 6) is 1.04. The van der Waals surface area contributed by atoms with Gasteiger partial charge in [-0.25, -0.2) is 0 Å². The first kappa shape index (κ1) is 19.4. The van der Waals surface area contributed by atoms with Crippen LogP contribution in [0.2, 0.25) is 0 Å². The third kappa shape index (κ3) is 4.48. The van der Waals surface area contributed by atoms with Gasteiger partial charge >= 0.3 is 0 Å². The molecule has 1 aromatic heterocycles. The summed E-state index contributed by atoms with van der Waals surface area (Å²) in [7, 11) is 0. The Labute approximate surface area is 161 Å². The van der Waals surface area contributed by atoms with Crippen molar-refractivity contribution in [3.8, 4) is 0 Å². The zero-order valence-electron chi connectivity index (χ0n) is 16.3. The molecule has 2 atom stereocenters. The van der Waals surface area contributed by atoms with E-state index in [1.54, 1.807) is 11.3 Å². The molecule has 1 aliphatic heterocycles. The van der Waals surface area contributed by atoms with Crippen LogP contribution in [0.1, 0.15) is 73.0 Å². The molecule has 2 N–H and O–H groups in total. The highest BCUT2D eigenvalue weighted by Crippen LogP contribution is 2.40. The zero-order chi connectivity index (χ0) is 18.9.